The van der Waals surface area contributed by atoms with E-state index in [1.807, 2.05) is 0 Å². The van der Waals surface area contributed by atoms with Gasteiger partial charge in [-0.25, -0.2) is 4.39 Å². The van der Waals surface area contributed by atoms with Crippen molar-refractivity contribution in [3.05, 3.63) is 89.6 Å². The zero-order chi connectivity index (χ0) is 30.3. The molecule has 0 unspecified atom stereocenters. The van der Waals surface area contributed by atoms with E-state index in [-0.39, 0.29) is 34.5 Å². The van der Waals surface area contributed by atoms with Gasteiger partial charge in [0, 0.05) is 48.6 Å². The minimum absolute atomic E-state index is 0.0441. The Hall–Kier alpha value is -3.45. The number of halogens is 1. The van der Waals surface area contributed by atoms with E-state index in [9.17, 15) is 17.6 Å². The van der Waals surface area contributed by atoms with Crippen molar-refractivity contribution >= 4 is 35.2 Å². The molecule has 0 spiro atoms. The normalized spacial score (nSPS) is 14.8. The average Bonchev–Trinajstić information content (AvgIpc) is 3.53. The Balaban J connectivity index is 1.31. The zero-order valence-corrected chi connectivity index (χ0v) is 26.3. The van der Waals surface area contributed by atoms with Gasteiger partial charge in [0.1, 0.15) is 11.9 Å². The van der Waals surface area contributed by atoms with E-state index in [0.29, 0.717) is 35.3 Å². The summed E-state index contributed by atoms with van der Waals surface area (Å²) in [5.74, 6) is -0.797. The Bertz CT molecular complexity index is 1710. The molecule has 0 saturated carbocycles. The highest BCUT2D eigenvalue weighted by atomic mass is 32.2. The van der Waals surface area contributed by atoms with Crippen molar-refractivity contribution in [3.63, 3.8) is 0 Å². The second-order valence-electron chi connectivity index (χ2n) is 12.0. The van der Waals surface area contributed by atoms with Crippen molar-refractivity contribution in [1.29, 1.82) is 0 Å². The number of nitrogens with zero attached hydrogens (tertiary/aromatic N) is 4. The summed E-state index contributed by atoms with van der Waals surface area (Å²) in [4.78, 5) is 19.7. The molecule has 222 valence electrons. The molecule has 1 aliphatic rings. The van der Waals surface area contributed by atoms with Crippen LogP contribution in [0.3, 0.4) is 0 Å². The molecule has 0 saturated heterocycles. The quantitative estimate of drug-likeness (QED) is 0.210. The number of benzene rings is 2. The van der Waals surface area contributed by atoms with Crippen molar-refractivity contribution < 1.29 is 22.0 Å². The Morgan fingerprint density at radius 3 is 2.60 bits per heavy atom. The number of fused-ring (bicyclic) bond motifs is 2. The number of hydrogen-bond acceptors (Lipinski definition) is 7. The van der Waals surface area contributed by atoms with Gasteiger partial charge in [0.25, 0.3) is 10.0 Å². The van der Waals surface area contributed by atoms with Gasteiger partial charge < -0.3 is 9.33 Å². The number of carbonyl (C=O) groups excluding carboxylic acids is 1. The van der Waals surface area contributed by atoms with Crippen molar-refractivity contribution in [3.8, 4) is 0 Å². The molecule has 4 aromatic rings. The second kappa shape index (κ2) is 11.3. The monoisotopic (exact) mass is 609 g/mol. The van der Waals surface area contributed by atoms with Gasteiger partial charge in [-0.1, -0.05) is 45.0 Å². The highest BCUT2D eigenvalue weighted by Gasteiger charge is 2.38. The van der Waals surface area contributed by atoms with Gasteiger partial charge in [-0.15, -0.1) is 0 Å². The molecule has 42 heavy (non-hydrogen) atoms. The summed E-state index contributed by atoms with van der Waals surface area (Å²) in [7, 11) is -5.93. The molecule has 12 heteroatoms. The maximum atomic E-state index is 14.9. The van der Waals surface area contributed by atoms with E-state index in [4.69, 9.17) is 4.43 Å². The third-order valence-corrected chi connectivity index (χ3v) is 14.2. The fourth-order valence-corrected chi connectivity index (χ4v) is 6.93. The van der Waals surface area contributed by atoms with Gasteiger partial charge in [-0.05, 0) is 48.5 Å². The van der Waals surface area contributed by atoms with Crippen LogP contribution in [-0.2, 0) is 32.3 Å². The van der Waals surface area contributed by atoms with Gasteiger partial charge in [0.05, 0.1) is 22.7 Å². The fraction of sp³-hybridized carbons (Fsp3) is 0.367. The minimum Gasteiger partial charge on any atom is -0.416 e. The van der Waals surface area contributed by atoms with Gasteiger partial charge in [-0.3, -0.25) is 15.1 Å². The van der Waals surface area contributed by atoms with Crippen LogP contribution < -0.4 is 5.32 Å². The third kappa shape index (κ3) is 5.89. The van der Waals surface area contributed by atoms with Crippen molar-refractivity contribution in [1.82, 2.24) is 24.4 Å². The van der Waals surface area contributed by atoms with E-state index in [2.05, 4.69) is 49.3 Å². The number of pyridine rings is 1. The molecule has 5 rings (SSSR count). The van der Waals surface area contributed by atoms with Crippen molar-refractivity contribution in [2.24, 2.45) is 0 Å². The number of amides is 1. The molecule has 2 aromatic heterocycles. The average molecular weight is 610 g/mol. The van der Waals surface area contributed by atoms with Crippen LogP contribution in [0.4, 0.5) is 4.39 Å². The third-order valence-electron chi connectivity index (χ3n) is 8.17. The number of nitrogens with one attached hydrogen (secondary N) is 1. The van der Waals surface area contributed by atoms with E-state index in [0.717, 1.165) is 4.09 Å². The first kappa shape index (κ1) is 30.0. The molecular weight excluding hydrogens is 574 g/mol. The number of carbonyl (C=O) groups is 1. The molecule has 9 nitrogen and oxygen atoms in total. The van der Waals surface area contributed by atoms with Crippen LogP contribution in [0.5, 0.6) is 0 Å². The lowest BCUT2D eigenvalue weighted by atomic mass is 10.0. The first-order chi connectivity index (χ1) is 19.8. The molecule has 1 aliphatic heterocycles. The zero-order valence-electron chi connectivity index (χ0n) is 24.5. The van der Waals surface area contributed by atoms with Crippen LogP contribution in [0.15, 0.2) is 71.9 Å². The number of hydrogen-bond donors (Lipinski definition) is 1. The summed E-state index contributed by atoms with van der Waals surface area (Å²) in [6.45, 7) is 11.8. The summed E-state index contributed by atoms with van der Waals surface area (Å²) < 4.78 is 48.8. The molecule has 1 N–H and O–H groups in total. The Morgan fingerprint density at radius 1 is 1.12 bits per heavy atom. The molecule has 1 atom stereocenters. The lowest BCUT2D eigenvalue weighted by Crippen LogP contribution is -2.44. The van der Waals surface area contributed by atoms with Gasteiger partial charge >= 0.3 is 0 Å². The summed E-state index contributed by atoms with van der Waals surface area (Å²) >= 11 is 0. The first-order valence-corrected chi connectivity index (χ1v) is 18.2. The maximum Gasteiger partial charge on any atom is 0.282 e. The lowest BCUT2D eigenvalue weighted by molar-refractivity contribution is -0.134. The van der Waals surface area contributed by atoms with Crippen LogP contribution in [0.2, 0.25) is 18.1 Å². The van der Waals surface area contributed by atoms with Gasteiger partial charge in [-0.2, -0.15) is 17.6 Å². The summed E-state index contributed by atoms with van der Waals surface area (Å²) in [6, 6.07) is 13.6. The molecular formula is C30H36FN5O4SSi. The lowest BCUT2D eigenvalue weighted by Gasteiger charge is -2.36. The Morgan fingerprint density at radius 2 is 1.88 bits per heavy atom. The molecule has 1 amide bonds. The summed E-state index contributed by atoms with van der Waals surface area (Å²) in [5, 5.41) is 8.29. The number of aromatic nitrogens is 3. The highest BCUT2D eigenvalue weighted by molar-refractivity contribution is 7.89. The van der Waals surface area contributed by atoms with Crippen LogP contribution >= 0.6 is 0 Å². The first-order valence-electron chi connectivity index (χ1n) is 13.9. The van der Waals surface area contributed by atoms with E-state index in [1.165, 1.54) is 18.3 Å². The molecule has 3 heterocycles. The maximum absolute atomic E-state index is 14.9. The largest absolute Gasteiger partial charge is 0.416 e. The molecule has 2 aromatic carbocycles. The van der Waals surface area contributed by atoms with Crippen molar-refractivity contribution in [2.45, 2.75) is 62.9 Å². The fourth-order valence-electron chi connectivity index (χ4n) is 4.68. The smallest absolute Gasteiger partial charge is 0.282 e. The standard InChI is InChI=1S/C30H36FN5O4SSi/c1-30(2,3)42(4,5)40-16-15-33-28(24-10-6-7-11-25(24)31)29(37)35-18-22-19-36(34-27(22)20-35)41(38,39)23-12-13-26-21(17-23)9-8-14-32-26/h6-14,17,19,28,33H,15-16,18,20H2,1-5H3/t28-/m1/s1. The van der Waals surface area contributed by atoms with Gasteiger partial charge in [0.15, 0.2) is 8.32 Å². The van der Waals surface area contributed by atoms with Crippen LogP contribution in [0.1, 0.15) is 43.6 Å². The predicted molar refractivity (Wildman–Crippen MR) is 161 cm³/mol. The topological polar surface area (TPSA) is 106 Å². The molecule has 0 radical (unpaired) electrons. The Labute approximate surface area is 246 Å². The van der Waals surface area contributed by atoms with Crippen molar-refractivity contribution in [2.75, 3.05) is 13.2 Å². The highest BCUT2D eigenvalue weighted by Crippen LogP contribution is 2.36. The van der Waals surface area contributed by atoms with Gasteiger partial charge in [0.2, 0.25) is 5.91 Å². The second-order valence-corrected chi connectivity index (χ2v) is 18.7. The molecule has 0 fully saturated rings. The molecule has 0 aliphatic carbocycles. The number of rotatable bonds is 9. The van der Waals surface area contributed by atoms with Crippen LogP contribution in [-0.4, -0.2) is 54.9 Å². The Kier molecular flexibility index (Phi) is 8.09. The molecule has 0 bridgehead atoms. The minimum atomic E-state index is -3.95. The van der Waals surface area contributed by atoms with E-state index < -0.39 is 30.2 Å². The van der Waals surface area contributed by atoms with Crippen LogP contribution in [0, 0.1) is 5.82 Å². The van der Waals surface area contributed by atoms with Crippen LogP contribution in [0.25, 0.3) is 10.9 Å². The SMILES string of the molecule is CC(C)(C)[Si](C)(C)OCCN[C@@H](C(=O)N1Cc2cn(S(=O)(=O)c3ccc4ncccc4c3)nc2C1)c1ccccc1F. The van der Waals surface area contributed by atoms with E-state index >= 15 is 0 Å². The summed E-state index contributed by atoms with van der Waals surface area (Å²) in [5.41, 5.74) is 2.06. The van der Waals surface area contributed by atoms with E-state index in [1.54, 1.807) is 53.6 Å². The summed E-state index contributed by atoms with van der Waals surface area (Å²) in [6.07, 6.45) is 3.10. The predicted octanol–water partition coefficient (Wildman–Crippen LogP) is 5.00.